The summed E-state index contributed by atoms with van der Waals surface area (Å²) in [5, 5.41) is 2.65. The van der Waals surface area contributed by atoms with Crippen LogP contribution < -0.4 is 0 Å². The molecule has 0 aliphatic carbocycles. The van der Waals surface area contributed by atoms with Gasteiger partial charge in [0.15, 0.2) is 0 Å². The Bertz CT molecular complexity index is 1390. The number of hydrogen-bond donors (Lipinski definition) is 0. The molecule has 0 unspecified atom stereocenters. The number of para-hydroxylation sites is 1. The van der Waals surface area contributed by atoms with E-state index in [1.54, 1.807) is 0 Å². The predicted octanol–water partition coefficient (Wildman–Crippen LogP) is 7.23. The molecule has 1 radical (unpaired) electrons. The van der Waals surface area contributed by atoms with Crippen molar-refractivity contribution in [2.45, 2.75) is 39.5 Å². The molecule has 0 bridgehead atoms. The molecule has 0 amide bonds. The van der Waals surface area contributed by atoms with Gasteiger partial charge in [-0.05, 0) is 29.5 Å². The molecule has 2 aromatic heterocycles. The first kappa shape index (κ1) is 22.5. The van der Waals surface area contributed by atoms with Crippen molar-refractivity contribution in [2.24, 2.45) is 7.05 Å². The van der Waals surface area contributed by atoms with Crippen molar-refractivity contribution in [1.29, 1.82) is 0 Å². The second kappa shape index (κ2) is 8.69. The van der Waals surface area contributed by atoms with Gasteiger partial charge in [-0.3, -0.25) is 4.98 Å². The molecule has 0 atom stereocenters. The van der Waals surface area contributed by atoms with Crippen molar-refractivity contribution in [3.05, 3.63) is 84.2 Å². The fourth-order valence-electron chi connectivity index (χ4n) is 4.86. The van der Waals surface area contributed by atoms with E-state index < -0.39 is 0 Å². The standard InChI is InChI=1S/C28H28N3.Ir/c1-18(2)22-17-23-21-13-9-10-14-24(21)30(5)26(23)25(19(3)4)27(22)31-16-15-29-28(31)20-11-7-6-8-12-20;/h6-11,13-19H,1-5H3;/q-1;. The van der Waals surface area contributed by atoms with Crippen LogP contribution in [0.2, 0.25) is 0 Å². The minimum Gasteiger partial charge on any atom is -0.343 e. The fraction of sp³-hybridized carbons (Fsp3) is 0.250. The minimum atomic E-state index is 0. The van der Waals surface area contributed by atoms with Gasteiger partial charge >= 0.3 is 0 Å². The summed E-state index contributed by atoms with van der Waals surface area (Å²) in [4.78, 5) is 4.73. The van der Waals surface area contributed by atoms with Crippen LogP contribution in [-0.4, -0.2) is 14.1 Å². The molecule has 3 nitrogen and oxygen atoms in total. The van der Waals surface area contributed by atoms with Crippen LogP contribution in [0.5, 0.6) is 0 Å². The zero-order valence-corrected chi connectivity index (χ0v) is 21.6. The number of aromatic nitrogens is 3. The first-order valence-electron chi connectivity index (χ1n) is 11.0. The maximum Gasteiger partial charge on any atom is 0.0602 e. The maximum absolute atomic E-state index is 4.73. The molecule has 4 heteroatoms. The van der Waals surface area contributed by atoms with E-state index in [1.165, 1.54) is 38.6 Å². The molecule has 0 saturated heterocycles. The number of fused-ring (bicyclic) bond motifs is 3. The minimum absolute atomic E-state index is 0. The first-order valence-corrected chi connectivity index (χ1v) is 11.0. The van der Waals surface area contributed by atoms with E-state index in [1.807, 2.05) is 24.4 Å². The van der Waals surface area contributed by atoms with Gasteiger partial charge in [-0.2, -0.15) is 0 Å². The molecule has 5 rings (SSSR count). The monoisotopic (exact) mass is 599 g/mol. The largest absolute Gasteiger partial charge is 0.343 e. The Morgan fingerprint density at radius 3 is 2.34 bits per heavy atom. The summed E-state index contributed by atoms with van der Waals surface area (Å²) in [6.45, 7) is 9.16. The van der Waals surface area contributed by atoms with Crippen molar-refractivity contribution in [2.75, 3.05) is 0 Å². The molecule has 3 aromatic carbocycles. The zero-order valence-electron chi connectivity index (χ0n) is 19.2. The summed E-state index contributed by atoms with van der Waals surface area (Å²) in [5.74, 6) is 1.67. The van der Waals surface area contributed by atoms with Crippen LogP contribution in [0.3, 0.4) is 0 Å². The van der Waals surface area contributed by atoms with Gasteiger partial charge in [-0.25, -0.2) is 0 Å². The average Bonchev–Trinajstić information content (AvgIpc) is 3.37. The summed E-state index contributed by atoms with van der Waals surface area (Å²) in [7, 11) is 2.19. The molecule has 0 fully saturated rings. The Hall–Kier alpha value is -2.68. The Morgan fingerprint density at radius 1 is 0.906 bits per heavy atom. The smallest absolute Gasteiger partial charge is 0.0602 e. The fourth-order valence-corrected chi connectivity index (χ4v) is 4.86. The molecule has 2 heterocycles. The van der Waals surface area contributed by atoms with Crippen LogP contribution in [0.4, 0.5) is 0 Å². The summed E-state index contributed by atoms with van der Waals surface area (Å²) in [5.41, 5.74) is 7.57. The Kier molecular flexibility index (Phi) is 6.11. The normalized spacial score (nSPS) is 11.6. The molecule has 0 aliphatic rings. The molecule has 0 N–H and O–H groups in total. The third kappa shape index (κ3) is 3.43. The van der Waals surface area contributed by atoms with Gasteiger partial charge in [0.05, 0.1) is 11.3 Å². The average molecular weight is 599 g/mol. The SMILES string of the molecule is CC(C)c1cc2c3ccccc3n(C)c2c(C(C)C)c1-n1ccnc1-c1[c-]cccc1.[Ir]. The maximum atomic E-state index is 4.73. The van der Waals surface area contributed by atoms with E-state index >= 15 is 0 Å². The van der Waals surface area contributed by atoms with E-state index in [4.69, 9.17) is 4.98 Å². The Labute approximate surface area is 203 Å². The van der Waals surface area contributed by atoms with Gasteiger partial charge in [0.2, 0.25) is 0 Å². The van der Waals surface area contributed by atoms with Gasteiger partial charge in [0, 0.05) is 67.1 Å². The van der Waals surface area contributed by atoms with E-state index in [9.17, 15) is 0 Å². The van der Waals surface area contributed by atoms with Crippen molar-refractivity contribution in [1.82, 2.24) is 14.1 Å². The van der Waals surface area contributed by atoms with Crippen molar-refractivity contribution < 1.29 is 20.1 Å². The molecular weight excluding hydrogens is 571 g/mol. The number of nitrogens with zero attached hydrogens (tertiary/aromatic N) is 3. The third-order valence-corrected chi connectivity index (χ3v) is 6.26. The van der Waals surface area contributed by atoms with Gasteiger partial charge in [0.25, 0.3) is 0 Å². The van der Waals surface area contributed by atoms with Crippen molar-refractivity contribution >= 4 is 21.8 Å². The summed E-state index contributed by atoms with van der Waals surface area (Å²) in [6.07, 6.45) is 3.99. The molecule has 165 valence electrons. The van der Waals surface area contributed by atoms with Crippen LogP contribution in [0, 0.1) is 6.07 Å². The number of rotatable bonds is 4. The van der Waals surface area contributed by atoms with Gasteiger partial charge < -0.3 is 9.13 Å². The van der Waals surface area contributed by atoms with Gasteiger partial charge in [-0.1, -0.05) is 45.9 Å². The van der Waals surface area contributed by atoms with E-state index in [0.29, 0.717) is 11.8 Å². The van der Waals surface area contributed by atoms with Crippen LogP contribution in [0.15, 0.2) is 67.0 Å². The van der Waals surface area contributed by atoms with E-state index in [-0.39, 0.29) is 20.1 Å². The molecule has 0 aliphatic heterocycles. The number of hydrogen-bond acceptors (Lipinski definition) is 1. The topological polar surface area (TPSA) is 22.8 Å². The van der Waals surface area contributed by atoms with Crippen LogP contribution >= 0.6 is 0 Å². The Morgan fingerprint density at radius 2 is 1.66 bits per heavy atom. The molecular formula is C28H28IrN3-. The molecule has 32 heavy (non-hydrogen) atoms. The van der Waals surface area contributed by atoms with E-state index in [0.717, 1.165) is 11.4 Å². The summed E-state index contributed by atoms with van der Waals surface area (Å²) in [6, 6.07) is 22.6. The summed E-state index contributed by atoms with van der Waals surface area (Å²) >= 11 is 0. The second-order valence-electron chi connectivity index (χ2n) is 8.91. The summed E-state index contributed by atoms with van der Waals surface area (Å²) < 4.78 is 4.63. The quantitative estimate of drug-likeness (QED) is 0.200. The van der Waals surface area contributed by atoms with Gasteiger partial charge in [0.1, 0.15) is 0 Å². The van der Waals surface area contributed by atoms with Crippen LogP contribution in [-0.2, 0) is 27.2 Å². The predicted molar refractivity (Wildman–Crippen MR) is 130 cm³/mol. The Balaban J connectivity index is 0.00000245. The van der Waals surface area contributed by atoms with Gasteiger partial charge in [-0.15, -0.1) is 35.9 Å². The molecule has 0 spiro atoms. The van der Waals surface area contributed by atoms with Crippen molar-refractivity contribution in [3.8, 4) is 17.1 Å². The molecule has 5 aromatic rings. The second-order valence-corrected chi connectivity index (χ2v) is 8.91. The number of imidazole rings is 1. The first-order chi connectivity index (χ1) is 15.0. The zero-order chi connectivity index (χ0) is 21.7. The number of aryl methyl sites for hydroxylation is 1. The number of benzene rings is 3. The van der Waals surface area contributed by atoms with Crippen molar-refractivity contribution in [3.63, 3.8) is 0 Å². The molecule has 0 saturated carbocycles. The van der Waals surface area contributed by atoms with Crippen LogP contribution in [0.1, 0.15) is 50.7 Å². The van der Waals surface area contributed by atoms with Crippen LogP contribution in [0.25, 0.3) is 38.9 Å². The third-order valence-electron chi connectivity index (χ3n) is 6.26. The van der Waals surface area contributed by atoms with E-state index in [2.05, 4.69) is 92.5 Å².